The van der Waals surface area contributed by atoms with Crippen molar-refractivity contribution < 1.29 is 22.6 Å². The normalized spacial score (nSPS) is 17.1. The number of nitrogens with one attached hydrogen (secondary N) is 2. The number of carbonyl (C=O) groups excluding carboxylic acids is 2. The molecule has 40 heavy (non-hydrogen) atoms. The fourth-order valence-electron chi connectivity index (χ4n) is 5.63. The first kappa shape index (κ1) is 27.7. The summed E-state index contributed by atoms with van der Waals surface area (Å²) in [6.07, 6.45) is 4.39. The fraction of sp³-hybridized carbons (Fsp3) is 0.250. The summed E-state index contributed by atoms with van der Waals surface area (Å²) < 4.78 is 30.2. The lowest BCUT2D eigenvalue weighted by Gasteiger charge is -2.26. The van der Waals surface area contributed by atoms with E-state index in [-0.39, 0.29) is 17.0 Å². The Bertz CT molecular complexity index is 1830. The van der Waals surface area contributed by atoms with Crippen LogP contribution in [0, 0.1) is 11.3 Å². The molecule has 208 valence electrons. The fourth-order valence-corrected chi connectivity index (χ4v) is 6.32. The Morgan fingerprint density at radius 1 is 1.07 bits per heavy atom. The van der Waals surface area contributed by atoms with Crippen molar-refractivity contribution in [1.29, 1.82) is 5.41 Å². The standard InChI is InChI=1S/C27H25N5O2S.CH4O3S/c1-31-13-18(16-6-2-4-8-19(16)31)23-24(26(34)30-25(23)33)22-17-7-3-5-9-20(17)32-12-15(10-11-21(22)32)14-35-27(28)29;1-5(2,3)4/h2-9,13,15H,10-12,14H2,1H3,(H3,28,29)(H,30,33,34);1H3,(H,2,3,4). The number of nitrogens with zero attached hydrogens (tertiary/aromatic N) is 2. The van der Waals surface area contributed by atoms with Crippen molar-refractivity contribution >= 4 is 71.8 Å². The predicted molar refractivity (Wildman–Crippen MR) is 158 cm³/mol. The van der Waals surface area contributed by atoms with E-state index in [0.717, 1.165) is 63.8 Å². The van der Waals surface area contributed by atoms with Crippen LogP contribution in [0.25, 0.3) is 33.0 Å². The Balaban J connectivity index is 0.000000595. The van der Waals surface area contributed by atoms with Crippen molar-refractivity contribution in [1.82, 2.24) is 14.5 Å². The molecular formula is C28H29N5O5S2. The largest absolute Gasteiger partial charge is 0.379 e. The van der Waals surface area contributed by atoms with Gasteiger partial charge in [-0.05, 0) is 30.9 Å². The quantitative estimate of drug-likeness (QED) is 0.125. The van der Waals surface area contributed by atoms with Gasteiger partial charge in [0.05, 0.1) is 17.4 Å². The van der Waals surface area contributed by atoms with E-state index < -0.39 is 10.1 Å². The summed E-state index contributed by atoms with van der Waals surface area (Å²) in [6.45, 7) is 0.794. The smallest absolute Gasteiger partial charge is 0.261 e. The van der Waals surface area contributed by atoms with Crippen LogP contribution in [-0.4, -0.2) is 51.1 Å². The number of thioether (sulfide) groups is 1. The van der Waals surface area contributed by atoms with Gasteiger partial charge in [0, 0.05) is 64.2 Å². The molecule has 0 aliphatic carbocycles. The topological polar surface area (TPSA) is 160 Å². The summed E-state index contributed by atoms with van der Waals surface area (Å²) >= 11 is 1.38. The zero-order valence-corrected chi connectivity index (χ0v) is 23.6. The van der Waals surface area contributed by atoms with Gasteiger partial charge in [-0.15, -0.1) is 0 Å². The highest BCUT2D eigenvalue weighted by atomic mass is 32.2. The monoisotopic (exact) mass is 579 g/mol. The van der Waals surface area contributed by atoms with Crippen molar-refractivity contribution in [2.24, 2.45) is 18.7 Å². The molecule has 1 atom stereocenters. The van der Waals surface area contributed by atoms with Gasteiger partial charge in [-0.1, -0.05) is 48.2 Å². The molecule has 0 bridgehead atoms. The van der Waals surface area contributed by atoms with E-state index in [4.69, 9.17) is 15.7 Å². The molecule has 12 heteroatoms. The van der Waals surface area contributed by atoms with Crippen LogP contribution < -0.4 is 11.1 Å². The highest BCUT2D eigenvalue weighted by Crippen LogP contribution is 2.42. The number of nitrogens with two attached hydrogens (primary N) is 1. The zero-order chi connectivity index (χ0) is 28.8. The second-order valence-corrected chi connectivity index (χ2v) is 12.5. The Kier molecular flexibility index (Phi) is 7.34. The highest BCUT2D eigenvalue weighted by molar-refractivity contribution is 8.13. The predicted octanol–water partition coefficient (Wildman–Crippen LogP) is 3.39. The number of fused-ring (bicyclic) bond motifs is 4. The van der Waals surface area contributed by atoms with Gasteiger partial charge in [-0.3, -0.25) is 24.9 Å². The highest BCUT2D eigenvalue weighted by Gasteiger charge is 2.38. The zero-order valence-electron chi connectivity index (χ0n) is 22.0. The number of carbonyl (C=O) groups is 2. The molecule has 10 nitrogen and oxygen atoms in total. The number of rotatable bonds is 4. The second-order valence-electron chi connectivity index (χ2n) is 9.97. The van der Waals surface area contributed by atoms with Crippen molar-refractivity contribution in [3.05, 3.63) is 71.5 Å². The number of hydrogen-bond acceptors (Lipinski definition) is 6. The summed E-state index contributed by atoms with van der Waals surface area (Å²) in [4.78, 5) is 26.5. The van der Waals surface area contributed by atoms with E-state index in [1.54, 1.807) is 0 Å². The molecule has 4 heterocycles. The minimum Gasteiger partial charge on any atom is -0.379 e. The lowest BCUT2D eigenvalue weighted by molar-refractivity contribution is -0.122. The van der Waals surface area contributed by atoms with E-state index in [1.807, 2.05) is 60.3 Å². The molecule has 0 spiro atoms. The van der Waals surface area contributed by atoms with Gasteiger partial charge in [0.25, 0.3) is 21.9 Å². The first-order valence-electron chi connectivity index (χ1n) is 12.6. The van der Waals surface area contributed by atoms with Crippen molar-refractivity contribution in [2.75, 3.05) is 12.0 Å². The van der Waals surface area contributed by atoms with Gasteiger partial charge >= 0.3 is 0 Å². The van der Waals surface area contributed by atoms with Gasteiger partial charge < -0.3 is 14.9 Å². The number of amidine groups is 1. The van der Waals surface area contributed by atoms with Gasteiger partial charge in [0.2, 0.25) is 0 Å². The lowest BCUT2D eigenvalue weighted by atomic mass is 9.91. The van der Waals surface area contributed by atoms with Crippen LogP contribution in [0.1, 0.15) is 23.2 Å². The molecule has 6 rings (SSSR count). The maximum Gasteiger partial charge on any atom is 0.261 e. The second kappa shape index (κ2) is 10.6. The molecule has 5 N–H and O–H groups in total. The first-order valence-corrected chi connectivity index (χ1v) is 15.4. The Hall–Kier alpha value is -3.87. The van der Waals surface area contributed by atoms with Crippen LogP contribution in [-0.2, 0) is 39.7 Å². The van der Waals surface area contributed by atoms with E-state index in [9.17, 15) is 18.0 Å². The SMILES string of the molecule is CS(=O)(=O)O.Cn1cc(C2=C(c3c4n(c5ccccc35)CC(CSC(=N)N)CC4)C(=O)NC2=O)c2ccccc21. The molecule has 0 saturated carbocycles. The van der Waals surface area contributed by atoms with Crippen LogP contribution in [0.5, 0.6) is 0 Å². The molecule has 1 unspecified atom stereocenters. The minimum absolute atomic E-state index is 0.139. The summed E-state index contributed by atoms with van der Waals surface area (Å²) in [5.74, 6) is 0.480. The van der Waals surface area contributed by atoms with E-state index in [2.05, 4.69) is 16.0 Å². The Labute approximate surface area is 235 Å². The molecule has 0 radical (unpaired) electrons. The van der Waals surface area contributed by atoms with Crippen molar-refractivity contribution in [3.8, 4) is 0 Å². The number of imide groups is 1. The molecule has 0 fully saturated rings. The Morgan fingerprint density at radius 3 is 2.35 bits per heavy atom. The van der Waals surface area contributed by atoms with Crippen molar-refractivity contribution in [3.63, 3.8) is 0 Å². The van der Waals surface area contributed by atoms with Crippen LogP contribution >= 0.6 is 11.8 Å². The van der Waals surface area contributed by atoms with Gasteiger partial charge in [-0.2, -0.15) is 8.42 Å². The number of aryl methyl sites for hydroxylation is 1. The Morgan fingerprint density at radius 2 is 1.68 bits per heavy atom. The lowest BCUT2D eigenvalue weighted by Crippen LogP contribution is -2.24. The number of hydrogen-bond donors (Lipinski definition) is 4. The molecule has 0 saturated heterocycles. The molecule has 2 aliphatic heterocycles. The van der Waals surface area contributed by atoms with Gasteiger partial charge in [-0.25, -0.2) is 0 Å². The van der Waals surface area contributed by atoms with Gasteiger partial charge in [0.15, 0.2) is 5.17 Å². The maximum atomic E-state index is 13.3. The first-order chi connectivity index (χ1) is 18.9. The molecular weight excluding hydrogens is 550 g/mol. The van der Waals surface area contributed by atoms with Gasteiger partial charge in [0.1, 0.15) is 0 Å². The van der Waals surface area contributed by atoms with Crippen LogP contribution in [0.3, 0.4) is 0 Å². The maximum absolute atomic E-state index is 13.3. The molecule has 2 aromatic carbocycles. The number of aromatic nitrogens is 2. The van der Waals surface area contributed by atoms with Crippen molar-refractivity contribution in [2.45, 2.75) is 19.4 Å². The average Bonchev–Trinajstić information content (AvgIpc) is 3.49. The molecule has 2 aliphatic rings. The average molecular weight is 580 g/mol. The number of benzene rings is 2. The molecule has 2 amide bonds. The molecule has 4 aromatic rings. The number of amides is 2. The van der Waals surface area contributed by atoms with Crippen LogP contribution in [0.4, 0.5) is 0 Å². The van der Waals surface area contributed by atoms with Crippen LogP contribution in [0.2, 0.25) is 0 Å². The number of para-hydroxylation sites is 2. The third-order valence-electron chi connectivity index (χ3n) is 7.13. The third-order valence-corrected chi connectivity index (χ3v) is 8.08. The van der Waals surface area contributed by atoms with Crippen LogP contribution in [0.15, 0.2) is 54.7 Å². The van der Waals surface area contributed by atoms with E-state index in [0.29, 0.717) is 23.3 Å². The van der Waals surface area contributed by atoms with E-state index >= 15 is 0 Å². The summed E-state index contributed by atoms with van der Waals surface area (Å²) in [7, 11) is -1.71. The third kappa shape index (κ3) is 5.29. The van der Waals surface area contributed by atoms with E-state index in [1.165, 1.54) is 11.8 Å². The summed E-state index contributed by atoms with van der Waals surface area (Å²) in [5.41, 5.74) is 11.3. The summed E-state index contributed by atoms with van der Waals surface area (Å²) in [5, 5.41) is 12.2. The molecule has 2 aromatic heterocycles. The minimum atomic E-state index is -3.67. The summed E-state index contributed by atoms with van der Waals surface area (Å²) in [6, 6.07) is 16.0.